The van der Waals surface area contributed by atoms with Crippen LogP contribution in [-0.2, 0) is 11.3 Å². The fourth-order valence-corrected chi connectivity index (χ4v) is 2.39. The number of nitrogens with zero attached hydrogens (tertiary/aromatic N) is 1. The molecule has 5 heteroatoms. The smallest absolute Gasteiger partial charge is 0.253 e. The Morgan fingerprint density at radius 1 is 1.44 bits per heavy atom. The SMILES string of the molecule is COCc1cc(C(=O)N2CCNCC2)ccc1Br. The summed E-state index contributed by atoms with van der Waals surface area (Å²) in [6.07, 6.45) is 0. The first-order chi connectivity index (χ1) is 8.72. The van der Waals surface area contributed by atoms with Gasteiger partial charge in [-0.05, 0) is 23.8 Å². The number of methoxy groups -OCH3 is 1. The molecule has 1 N–H and O–H groups in total. The Labute approximate surface area is 115 Å². The molecule has 1 fully saturated rings. The molecule has 0 radical (unpaired) electrons. The van der Waals surface area contributed by atoms with Crippen LogP contribution in [0.4, 0.5) is 0 Å². The first-order valence-corrected chi connectivity index (χ1v) is 6.79. The number of halogens is 1. The number of piperazine rings is 1. The van der Waals surface area contributed by atoms with Crippen molar-refractivity contribution in [3.05, 3.63) is 33.8 Å². The Hall–Kier alpha value is -0.910. The number of hydrogen-bond acceptors (Lipinski definition) is 3. The molecule has 0 bridgehead atoms. The summed E-state index contributed by atoms with van der Waals surface area (Å²) >= 11 is 3.46. The van der Waals surface area contributed by atoms with Crippen LogP contribution in [-0.4, -0.2) is 44.1 Å². The maximum Gasteiger partial charge on any atom is 0.253 e. The van der Waals surface area contributed by atoms with Crippen molar-refractivity contribution in [3.63, 3.8) is 0 Å². The van der Waals surface area contributed by atoms with Crippen molar-refractivity contribution >= 4 is 21.8 Å². The van der Waals surface area contributed by atoms with Crippen molar-refractivity contribution < 1.29 is 9.53 Å². The van der Waals surface area contributed by atoms with Crippen LogP contribution in [0.1, 0.15) is 15.9 Å². The predicted molar refractivity (Wildman–Crippen MR) is 73.6 cm³/mol. The van der Waals surface area contributed by atoms with E-state index >= 15 is 0 Å². The molecule has 1 aromatic carbocycles. The molecule has 0 aromatic heterocycles. The van der Waals surface area contributed by atoms with E-state index in [1.165, 1.54) is 0 Å². The van der Waals surface area contributed by atoms with Crippen LogP contribution in [0.5, 0.6) is 0 Å². The number of carbonyl (C=O) groups is 1. The lowest BCUT2D eigenvalue weighted by atomic mass is 10.1. The first-order valence-electron chi connectivity index (χ1n) is 5.99. The van der Waals surface area contributed by atoms with E-state index in [-0.39, 0.29) is 5.91 Å². The number of nitrogens with one attached hydrogen (secondary N) is 1. The molecule has 1 aromatic rings. The van der Waals surface area contributed by atoms with E-state index in [4.69, 9.17) is 4.74 Å². The molecule has 1 amide bonds. The molecule has 0 saturated carbocycles. The van der Waals surface area contributed by atoms with Crippen molar-refractivity contribution in [2.75, 3.05) is 33.3 Å². The fourth-order valence-electron chi connectivity index (χ4n) is 2.02. The highest BCUT2D eigenvalue weighted by Crippen LogP contribution is 2.20. The summed E-state index contributed by atoms with van der Waals surface area (Å²) in [6.45, 7) is 3.78. The Bertz CT molecular complexity index is 431. The van der Waals surface area contributed by atoms with Gasteiger partial charge in [-0.2, -0.15) is 0 Å². The standard InChI is InChI=1S/C13H17BrN2O2/c1-18-9-11-8-10(2-3-12(11)14)13(17)16-6-4-15-5-7-16/h2-3,8,15H,4-7,9H2,1H3. The van der Waals surface area contributed by atoms with Gasteiger partial charge in [0.1, 0.15) is 0 Å². The van der Waals surface area contributed by atoms with Gasteiger partial charge in [0.25, 0.3) is 5.91 Å². The number of ether oxygens (including phenoxy) is 1. The van der Waals surface area contributed by atoms with E-state index in [2.05, 4.69) is 21.2 Å². The topological polar surface area (TPSA) is 41.6 Å². The number of hydrogen-bond donors (Lipinski definition) is 1. The van der Waals surface area contributed by atoms with Crippen molar-refractivity contribution in [1.82, 2.24) is 10.2 Å². The van der Waals surface area contributed by atoms with Crippen LogP contribution in [0, 0.1) is 0 Å². The van der Waals surface area contributed by atoms with Crippen LogP contribution >= 0.6 is 15.9 Å². The quantitative estimate of drug-likeness (QED) is 0.922. The Kier molecular flexibility index (Phi) is 4.74. The number of amides is 1. The van der Waals surface area contributed by atoms with E-state index in [0.29, 0.717) is 6.61 Å². The van der Waals surface area contributed by atoms with Gasteiger partial charge in [-0.1, -0.05) is 15.9 Å². The third-order valence-electron chi connectivity index (χ3n) is 3.00. The highest BCUT2D eigenvalue weighted by Gasteiger charge is 2.18. The molecule has 4 nitrogen and oxygen atoms in total. The molecule has 1 aliphatic rings. The minimum atomic E-state index is 0.0985. The van der Waals surface area contributed by atoms with E-state index in [9.17, 15) is 4.79 Å². The van der Waals surface area contributed by atoms with Crippen molar-refractivity contribution in [3.8, 4) is 0 Å². The summed E-state index contributed by atoms with van der Waals surface area (Å²) in [4.78, 5) is 14.2. The molecule has 98 valence electrons. The molecular weight excluding hydrogens is 296 g/mol. The lowest BCUT2D eigenvalue weighted by Gasteiger charge is -2.27. The van der Waals surface area contributed by atoms with Crippen LogP contribution in [0.25, 0.3) is 0 Å². The normalized spacial score (nSPS) is 15.8. The van der Waals surface area contributed by atoms with Gasteiger partial charge in [0.15, 0.2) is 0 Å². The summed E-state index contributed by atoms with van der Waals surface area (Å²) in [5.41, 5.74) is 1.73. The van der Waals surface area contributed by atoms with Gasteiger partial charge in [0, 0.05) is 43.3 Å². The van der Waals surface area contributed by atoms with Gasteiger partial charge in [-0.15, -0.1) is 0 Å². The van der Waals surface area contributed by atoms with Gasteiger partial charge < -0.3 is 15.0 Å². The molecule has 18 heavy (non-hydrogen) atoms. The minimum absolute atomic E-state index is 0.0985. The largest absolute Gasteiger partial charge is 0.380 e. The molecule has 0 atom stereocenters. The highest BCUT2D eigenvalue weighted by molar-refractivity contribution is 9.10. The first kappa shape index (κ1) is 13.5. The highest BCUT2D eigenvalue weighted by atomic mass is 79.9. The summed E-state index contributed by atoms with van der Waals surface area (Å²) in [5.74, 6) is 0.0985. The third-order valence-corrected chi connectivity index (χ3v) is 3.77. The molecule has 0 spiro atoms. The lowest BCUT2D eigenvalue weighted by molar-refractivity contribution is 0.0735. The summed E-state index contributed by atoms with van der Waals surface area (Å²) in [5, 5.41) is 3.24. The van der Waals surface area contributed by atoms with E-state index in [1.807, 2.05) is 23.1 Å². The van der Waals surface area contributed by atoms with E-state index in [0.717, 1.165) is 41.8 Å². The second-order valence-electron chi connectivity index (χ2n) is 4.28. The van der Waals surface area contributed by atoms with Crippen LogP contribution in [0.3, 0.4) is 0 Å². The van der Waals surface area contributed by atoms with Gasteiger partial charge in [-0.3, -0.25) is 4.79 Å². The lowest BCUT2D eigenvalue weighted by Crippen LogP contribution is -2.46. The Morgan fingerprint density at radius 2 is 2.17 bits per heavy atom. The summed E-state index contributed by atoms with van der Waals surface area (Å²) < 4.78 is 6.10. The molecule has 1 heterocycles. The number of benzene rings is 1. The molecule has 0 unspecified atom stereocenters. The zero-order chi connectivity index (χ0) is 13.0. The predicted octanol–water partition coefficient (Wildman–Crippen LogP) is 1.64. The average molecular weight is 313 g/mol. The zero-order valence-corrected chi connectivity index (χ0v) is 12.0. The number of carbonyl (C=O) groups excluding carboxylic acids is 1. The Morgan fingerprint density at radius 3 is 2.83 bits per heavy atom. The molecule has 0 aliphatic carbocycles. The third kappa shape index (κ3) is 3.10. The molecule has 1 saturated heterocycles. The second kappa shape index (κ2) is 6.31. The molecular formula is C13H17BrN2O2. The zero-order valence-electron chi connectivity index (χ0n) is 10.4. The van der Waals surface area contributed by atoms with Gasteiger partial charge in [0.05, 0.1) is 6.61 Å². The van der Waals surface area contributed by atoms with Crippen LogP contribution in [0.2, 0.25) is 0 Å². The van der Waals surface area contributed by atoms with Crippen molar-refractivity contribution in [1.29, 1.82) is 0 Å². The second-order valence-corrected chi connectivity index (χ2v) is 5.14. The minimum Gasteiger partial charge on any atom is -0.380 e. The Balaban J connectivity index is 2.16. The molecule has 1 aliphatic heterocycles. The van der Waals surface area contributed by atoms with Crippen molar-refractivity contribution in [2.45, 2.75) is 6.61 Å². The molecule has 2 rings (SSSR count). The maximum absolute atomic E-state index is 12.3. The number of rotatable bonds is 3. The monoisotopic (exact) mass is 312 g/mol. The fraction of sp³-hybridized carbons (Fsp3) is 0.462. The van der Waals surface area contributed by atoms with Crippen LogP contribution < -0.4 is 5.32 Å². The van der Waals surface area contributed by atoms with Gasteiger partial charge in [0.2, 0.25) is 0 Å². The van der Waals surface area contributed by atoms with Gasteiger partial charge >= 0.3 is 0 Å². The maximum atomic E-state index is 12.3. The average Bonchev–Trinajstić information content (AvgIpc) is 2.42. The van der Waals surface area contributed by atoms with E-state index < -0.39 is 0 Å². The van der Waals surface area contributed by atoms with E-state index in [1.54, 1.807) is 7.11 Å². The summed E-state index contributed by atoms with van der Waals surface area (Å²) in [7, 11) is 1.65. The summed E-state index contributed by atoms with van der Waals surface area (Å²) in [6, 6.07) is 5.66. The van der Waals surface area contributed by atoms with Gasteiger partial charge in [-0.25, -0.2) is 0 Å². The van der Waals surface area contributed by atoms with Crippen LogP contribution in [0.15, 0.2) is 22.7 Å². The van der Waals surface area contributed by atoms with Crippen molar-refractivity contribution in [2.24, 2.45) is 0 Å².